The summed E-state index contributed by atoms with van der Waals surface area (Å²) in [4.78, 5) is 0. The van der Waals surface area contributed by atoms with Crippen LogP contribution < -0.4 is 0 Å². The minimum Gasteiger partial charge on any atom is -0.376 e. The van der Waals surface area contributed by atoms with Crippen LogP contribution in [0.3, 0.4) is 0 Å². The van der Waals surface area contributed by atoms with Crippen LogP contribution in [0.15, 0.2) is 0 Å². The van der Waals surface area contributed by atoms with Gasteiger partial charge in [-0.3, -0.25) is 0 Å². The normalized spacial score (nSPS) is 16.4. The van der Waals surface area contributed by atoms with E-state index in [9.17, 15) is 0 Å². The Kier molecular flexibility index (Phi) is 15.3. The number of hydrogen-bond donors (Lipinski definition) is 0. The van der Waals surface area contributed by atoms with Gasteiger partial charge in [-0.1, -0.05) is 60.8 Å². The van der Waals surface area contributed by atoms with E-state index in [4.69, 9.17) is 13.3 Å². The van der Waals surface area contributed by atoms with Crippen molar-refractivity contribution in [2.45, 2.75) is 117 Å². The molecule has 1 rings (SSSR count). The van der Waals surface area contributed by atoms with Crippen LogP contribution in [0.5, 0.6) is 0 Å². The SMILES string of the molecule is CC(C)[Si](C(C)C)(C(C)C)N(C)C1CCCCC1.CCO[SiH](OCC)OCC. The minimum absolute atomic E-state index is 0.677. The highest BCUT2D eigenvalue weighted by atomic mass is 28.3. The maximum Gasteiger partial charge on any atom is 0.484 e. The molecule has 0 aliphatic heterocycles. The molecule has 0 unspecified atom stereocenters. The van der Waals surface area contributed by atoms with E-state index in [0.29, 0.717) is 19.8 Å². The second-order valence-electron chi connectivity index (χ2n) is 8.91. The monoisotopic (exact) mass is 433 g/mol. The highest BCUT2D eigenvalue weighted by molar-refractivity contribution is 6.80. The lowest BCUT2D eigenvalue weighted by Crippen LogP contribution is -2.62. The fraction of sp³-hybridized carbons (Fsp3) is 1.00. The van der Waals surface area contributed by atoms with E-state index in [2.05, 4.69) is 53.2 Å². The smallest absolute Gasteiger partial charge is 0.376 e. The van der Waals surface area contributed by atoms with E-state index in [-0.39, 0.29) is 0 Å². The van der Waals surface area contributed by atoms with Crippen LogP contribution >= 0.6 is 0 Å². The van der Waals surface area contributed by atoms with Gasteiger partial charge in [0.25, 0.3) is 0 Å². The molecule has 0 amide bonds. The third kappa shape index (κ3) is 8.19. The summed E-state index contributed by atoms with van der Waals surface area (Å²) in [5.74, 6) is 0. The molecule has 4 nitrogen and oxygen atoms in total. The molecular formula is C22H51NO3Si2. The molecule has 0 radical (unpaired) electrons. The van der Waals surface area contributed by atoms with Gasteiger partial charge in [-0.2, -0.15) is 0 Å². The van der Waals surface area contributed by atoms with Crippen LogP contribution in [0.4, 0.5) is 0 Å². The molecule has 0 bridgehead atoms. The predicted molar refractivity (Wildman–Crippen MR) is 128 cm³/mol. The van der Waals surface area contributed by atoms with E-state index in [1.807, 2.05) is 20.8 Å². The molecular weight excluding hydrogens is 382 g/mol. The Balaban J connectivity index is 0.000000621. The van der Waals surface area contributed by atoms with Gasteiger partial charge in [0.05, 0.1) is 0 Å². The standard InChI is InChI=1S/C16H35NSi.C6H16O3Si/c1-13(2)18(14(3)4,15(5)6)17(7)16-11-9-8-10-12-16;1-4-7-10(8-5-2)9-6-3/h13-16H,8-12H2,1-7H3;10H,4-6H2,1-3H3. The van der Waals surface area contributed by atoms with Gasteiger partial charge in [0.1, 0.15) is 8.24 Å². The Morgan fingerprint density at radius 3 is 1.39 bits per heavy atom. The lowest BCUT2D eigenvalue weighted by molar-refractivity contribution is 0.107. The Labute approximate surface area is 179 Å². The lowest BCUT2D eigenvalue weighted by atomic mass is 9.96. The summed E-state index contributed by atoms with van der Waals surface area (Å²) in [5.41, 5.74) is 2.55. The van der Waals surface area contributed by atoms with Crippen LogP contribution in [0, 0.1) is 0 Å². The van der Waals surface area contributed by atoms with E-state index < -0.39 is 17.8 Å². The van der Waals surface area contributed by atoms with Gasteiger partial charge in [0.2, 0.25) is 0 Å². The zero-order valence-corrected chi connectivity index (χ0v) is 22.9. The third-order valence-electron chi connectivity index (χ3n) is 6.42. The van der Waals surface area contributed by atoms with Crippen molar-refractivity contribution in [1.82, 2.24) is 4.57 Å². The number of hydrogen-bond acceptors (Lipinski definition) is 4. The predicted octanol–water partition coefficient (Wildman–Crippen LogP) is 6.24. The summed E-state index contributed by atoms with van der Waals surface area (Å²) in [6.07, 6.45) is 7.25. The maximum absolute atomic E-state index is 5.22. The van der Waals surface area contributed by atoms with Gasteiger partial charge in [-0.15, -0.1) is 0 Å². The van der Waals surface area contributed by atoms with Gasteiger partial charge in [-0.05, 0) is 57.3 Å². The van der Waals surface area contributed by atoms with Crippen molar-refractivity contribution in [1.29, 1.82) is 0 Å². The third-order valence-corrected chi connectivity index (χ3v) is 15.4. The van der Waals surface area contributed by atoms with E-state index in [0.717, 1.165) is 22.7 Å². The van der Waals surface area contributed by atoms with Gasteiger partial charge in [0, 0.05) is 25.9 Å². The van der Waals surface area contributed by atoms with Gasteiger partial charge in [-0.25, -0.2) is 0 Å². The van der Waals surface area contributed by atoms with Gasteiger partial charge < -0.3 is 17.8 Å². The van der Waals surface area contributed by atoms with Crippen molar-refractivity contribution >= 4 is 17.8 Å². The Morgan fingerprint density at radius 2 is 1.11 bits per heavy atom. The lowest BCUT2D eigenvalue weighted by Gasteiger charge is -2.53. The molecule has 0 aromatic rings. The zero-order chi connectivity index (χ0) is 21.7. The molecule has 0 N–H and O–H groups in total. The van der Waals surface area contributed by atoms with Crippen molar-refractivity contribution in [3.05, 3.63) is 0 Å². The first-order valence-electron chi connectivity index (χ1n) is 11.8. The van der Waals surface area contributed by atoms with Crippen LogP contribution in [-0.4, -0.2) is 55.2 Å². The first-order chi connectivity index (χ1) is 13.2. The Hall–Kier alpha value is 0.274. The molecule has 1 fully saturated rings. The molecule has 1 saturated carbocycles. The molecule has 1 aliphatic carbocycles. The fourth-order valence-electron chi connectivity index (χ4n) is 5.56. The van der Waals surface area contributed by atoms with E-state index in [1.54, 1.807) is 0 Å². The summed E-state index contributed by atoms with van der Waals surface area (Å²) in [6.45, 7) is 22.7. The average molecular weight is 434 g/mol. The Morgan fingerprint density at radius 1 is 0.750 bits per heavy atom. The zero-order valence-electron chi connectivity index (χ0n) is 20.7. The molecule has 170 valence electrons. The summed E-state index contributed by atoms with van der Waals surface area (Å²) >= 11 is 0. The number of nitrogens with zero attached hydrogens (tertiary/aromatic N) is 1. The Bertz CT molecular complexity index is 339. The minimum atomic E-state index is -1.73. The van der Waals surface area contributed by atoms with Crippen LogP contribution in [0.2, 0.25) is 16.6 Å². The highest BCUT2D eigenvalue weighted by Gasteiger charge is 2.48. The average Bonchev–Trinajstić information content (AvgIpc) is 2.63. The summed E-state index contributed by atoms with van der Waals surface area (Å²) in [7, 11) is -0.658. The quantitative estimate of drug-likeness (QED) is 0.361. The largest absolute Gasteiger partial charge is 0.484 e. The van der Waals surface area contributed by atoms with Gasteiger partial charge >= 0.3 is 9.53 Å². The molecule has 0 atom stereocenters. The molecule has 6 heteroatoms. The fourth-order valence-corrected chi connectivity index (χ4v) is 14.0. The summed E-state index contributed by atoms with van der Waals surface area (Å²) < 4.78 is 18.6. The second-order valence-corrected chi connectivity index (χ2v) is 16.4. The second kappa shape index (κ2) is 15.1. The number of rotatable bonds is 11. The van der Waals surface area contributed by atoms with Crippen LogP contribution in [0.1, 0.15) is 94.4 Å². The molecule has 0 spiro atoms. The highest BCUT2D eigenvalue weighted by Crippen LogP contribution is 2.45. The van der Waals surface area contributed by atoms with Crippen molar-refractivity contribution in [2.75, 3.05) is 26.9 Å². The molecule has 1 aliphatic rings. The molecule has 0 heterocycles. The first kappa shape index (κ1) is 28.3. The first-order valence-corrected chi connectivity index (χ1v) is 15.4. The van der Waals surface area contributed by atoms with Gasteiger partial charge in [0.15, 0.2) is 0 Å². The molecule has 0 aromatic carbocycles. The summed E-state index contributed by atoms with van der Waals surface area (Å²) in [5, 5.41) is 0. The van der Waals surface area contributed by atoms with Crippen LogP contribution in [0.25, 0.3) is 0 Å². The van der Waals surface area contributed by atoms with E-state index >= 15 is 0 Å². The maximum atomic E-state index is 5.22. The molecule has 28 heavy (non-hydrogen) atoms. The summed E-state index contributed by atoms with van der Waals surface area (Å²) in [6, 6.07) is 0.873. The van der Waals surface area contributed by atoms with Crippen molar-refractivity contribution in [3.63, 3.8) is 0 Å². The molecule has 0 aromatic heterocycles. The van der Waals surface area contributed by atoms with Crippen molar-refractivity contribution < 1.29 is 13.3 Å². The topological polar surface area (TPSA) is 30.9 Å². The van der Waals surface area contributed by atoms with E-state index in [1.165, 1.54) is 32.1 Å². The molecule has 0 saturated heterocycles. The van der Waals surface area contributed by atoms with Crippen LogP contribution in [-0.2, 0) is 13.3 Å². The van der Waals surface area contributed by atoms with Crippen molar-refractivity contribution in [3.8, 4) is 0 Å². The van der Waals surface area contributed by atoms with Crippen molar-refractivity contribution in [2.24, 2.45) is 0 Å².